The number of ether oxygens (including phenoxy) is 1. The standard InChI is InChI=1S/C8H14F3NOS/c9-8(10,11)13-4-3-12-6-7-2-1-5-14-7/h7,12H,1-6H2. The third kappa shape index (κ3) is 5.72. The predicted octanol–water partition coefficient (Wildman–Crippen LogP) is 2.01. The van der Waals surface area contributed by atoms with Crippen LogP contribution < -0.4 is 5.32 Å². The summed E-state index contributed by atoms with van der Waals surface area (Å²) < 4.78 is 38.2. The number of halogens is 3. The van der Waals surface area contributed by atoms with Gasteiger partial charge in [0.1, 0.15) is 0 Å². The highest BCUT2D eigenvalue weighted by Gasteiger charge is 2.28. The second-order valence-corrected chi connectivity index (χ2v) is 4.54. The van der Waals surface area contributed by atoms with Crippen molar-refractivity contribution in [1.29, 1.82) is 0 Å². The summed E-state index contributed by atoms with van der Waals surface area (Å²) in [5, 5.41) is 3.52. The van der Waals surface area contributed by atoms with Gasteiger partial charge >= 0.3 is 6.36 Å². The number of nitrogens with one attached hydrogen (secondary N) is 1. The van der Waals surface area contributed by atoms with Gasteiger partial charge < -0.3 is 5.32 Å². The van der Waals surface area contributed by atoms with E-state index in [0.29, 0.717) is 5.25 Å². The van der Waals surface area contributed by atoms with Gasteiger partial charge in [0.05, 0.1) is 6.61 Å². The third-order valence-corrected chi connectivity index (χ3v) is 3.34. The minimum Gasteiger partial charge on any atom is -0.313 e. The fourth-order valence-corrected chi connectivity index (χ4v) is 2.54. The molecule has 1 rings (SSSR count). The van der Waals surface area contributed by atoms with E-state index in [-0.39, 0.29) is 13.2 Å². The lowest BCUT2D eigenvalue weighted by Crippen LogP contribution is -2.28. The van der Waals surface area contributed by atoms with Gasteiger partial charge in [-0.15, -0.1) is 13.2 Å². The van der Waals surface area contributed by atoms with Crippen molar-refractivity contribution in [2.24, 2.45) is 0 Å². The summed E-state index contributed by atoms with van der Waals surface area (Å²) in [5.74, 6) is 1.17. The van der Waals surface area contributed by atoms with Crippen LogP contribution in [0, 0.1) is 0 Å². The van der Waals surface area contributed by atoms with Gasteiger partial charge in [0.15, 0.2) is 0 Å². The quantitative estimate of drug-likeness (QED) is 0.729. The van der Waals surface area contributed by atoms with Crippen molar-refractivity contribution in [2.75, 3.05) is 25.4 Å². The van der Waals surface area contributed by atoms with Gasteiger partial charge in [-0.2, -0.15) is 11.8 Å². The molecular weight excluding hydrogens is 215 g/mol. The number of thioether (sulfide) groups is 1. The summed E-state index contributed by atoms with van der Waals surface area (Å²) in [6.07, 6.45) is -2.11. The minimum atomic E-state index is -4.50. The number of rotatable bonds is 5. The van der Waals surface area contributed by atoms with E-state index in [1.807, 2.05) is 11.8 Å². The first kappa shape index (κ1) is 12.1. The van der Waals surface area contributed by atoms with Gasteiger partial charge in [-0.05, 0) is 18.6 Å². The van der Waals surface area contributed by atoms with E-state index in [9.17, 15) is 13.2 Å². The van der Waals surface area contributed by atoms with E-state index in [0.717, 1.165) is 13.0 Å². The van der Waals surface area contributed by atoms with Crippen LogP contribution in [-0.4, -0.2) is 37.1 Å². The van der Waals surface area contributed by atoms with E-state index in [1.165, 1.54) is 12.2 Å². The smallest absolute Gasteiger partial charge is 0.313 e. The van der Waals surface area contributed by atoms with Gasteiger partial charge in [0.25, 0.3) is 0 Å². The Hall–Kier alpha value is 0.0600. The fraction of sp³-hybridized carbons (Fsp3) is 1.00. The van der Waals surface area contributed by atoms with Gasteiger partial charge in [0.2, 0.25) is 0 Å². The molecule has 1 saturated heterocycles. The fourth-order valence-electron chi connectivity index (χ4n) is 1.31. The Bertz CT molecular complexity index is 159. The molecule has 1 N–H and O–H groups in total. The molecule has 1 heterocycles. The molecule has 14 heavy (non-hydrogen) atoms. The molecule has 0 amide bonds. The van der Waals surface area contributed by atoms with Crippen molar-refractivity contribution in [3.05, 3.63) is 0 Å². The van der Waals surface area contributed by atoms with Crippen LogP contribution in [0.4, 0.5) is 13.2 Å². The maximum absolute atomic E-state index is 11.5. The zero-order valence-corrected chi connectivity index (χ0v) is 8.59. The van der Waals surface area contributed by atoms with Crippen molar-refractivity contribution < 1.29 is 17.9 Å². The van der Waals surface area contributed by atoms with Crippen molar-refractivity contribution in [3.8, 4) is 0 Å². The zero-order valence-electron chi connectivity index (χ0n) is 7.77. The lowest BCUT2D eigenvalue weighted by Gasteiger charge is -2.11. The van der Waals surface area contributed by atoms with E-state index < -0.39 is 6.36 Å². The predicted molar refractivity (Wildman–Crippen MR) is 50.4 cm³/mol. The normalized spacial score (nSPS) is 22.9. The molecule has 1 atom stereocenters. The maximum atomic E-state index is 11.5. The SMILES string of the molecule is FC(F)(F)OCCNCC1CCCS1. The van der Waals surface area contributed by atoms with Crippen molar-refractivity contribution in [1.82, 2.24) is 5.32 Å². The van der Waals surface area contributed by atoms with Crippen LogP contribution in [-0.2, 0) is 4.74 Å². The van der Waals surface area contributed by atoms with Crippen molar-refractivity contribution in [2.45, 2.75) is 24.5 Å². The average Bonchev–Trinajstić information content (AvgIpc) is 2.54. The van der Waals surface area contributed by atoms with E-state index in [4.69, 9.17) is 0 Å². The second kappa shape index (κ2) is 5.82. The largest absolute Gasteiger partial charge is 0.522 e. The average molecular weight is 229 g/mol. The van der Waals surface area contributed by atoms with Crippen LogP contribution in [0.15, 0.2) is 0 Å². The van der Waals surface area contributed by atoms with Crippen LogP contribution in [0.1, 0.15) is 12.8 Å². The Balaban J connectivity index is 1.89. The summed E-state index contributed by atoms with van der Waals surface area (Å²) in [4.78, 5) is 0. The second-order valence-electron chi connectivity index (χ2n) is 3.13. The first-order valence-corrected chi connectivity index (χ1v) is 5.66. The molecule has 6 heteroatoms. The first-order chi connectivity index (χ1) is 6.58. The summed E-state index contributed by atoms with van der Waals surface area (Å²) in [5.41, 5.74) is 0. The molecule has 0 saturated carbocycles. The molecule has 2 nitrogen and oxygen atoms in total. The van der Waals surface area contributed by atoms with Gasteiger partial charge in [0, 0.05) is 18.3 Å². The Morgan fingerprint density at radius 2 is 2.21 bits per heavy atom. The first-order valence-electron chi connectivity index (χ1n) is 4.61. The van der Waals surface area contributed by atoms with E-state index >= 15 is 0 Å². The highest BCUT2D eigenvalue weighted by atomic mass is 32.2. The van der Waals surface area contributed by atoms with Crippen molar-refractivity contribution >= 4 is 11.8 Å². The molecule has 84 valence electrons. The molecule has 1 unspecified atom stereocenters. The van der Waals surface area contributed by atoms with Crippen molar-refractivity contribution in [3.63, 3.8) is 0 Å². The monoisotopic (exact) mass is 229 g/mol. The Morgan fingerprint density at radius 1 is 1.43 bits per heavy atom. The Kier molecular flexibility index (Phi) is 5.05. The molecule has 0 bridgehead atoms. The molecule has 1 fully saturated rings. The van der Waals surface area contributed by atoms with E-state index in [2.05, 4.69) is 10.1 Å². The van der Waals surface area contributed by atoms with Gasteiger partial charge in [-0.25, -0.2) is 0 Å². The zero-order chi connectivity index (χ0) is 10.4. The lowest BCUT2D eigenvalue weighted by atomic mass is 10.2. The van der Waals surface area contributed by atoms with Gasteiger partial charge in [-0.1, -0.05) is 0 Å². The highest BCUT2D eigenvalue weighted by molar-refractivity contribution is 8.00. The van der Waals surface area contributed by atoms with Crippen LogP contribution in [0.3, 0.4) is 0 Å². The lowest BCUT2D eigenvalue weighted by molar-refractivity contribution is -0.323. The highest BCUT2D eigenvalue weighted by Crippen LogP contribution is 2.25. The van der Waals surface area contributed by atoms with Crippen LogP contribution in [0.5, 0.6) is 0 Å². The molecule has 1 aliphatic rings. The number of hydrogen-bond acceptors (Lipinski definition) is 3. The number of hydrogen-bond donors (Lipinski definition) is 1. The summed E-state index contributed by atoms with van der Waals surface area (Å²) >= 11 is 1.88. The molecule has 0 aliphatic carbocycles. The van der Waals surface area contributed by atoms with Crippen LogP contribution in [0.25, 0.3) is 0 Å². The Morgan fingerprint density at radius 3 is 2.79 bits per heavy atom. The molecule has 0 radical (unpaired) electrons. The summed E-state index contributed by atoms with van der Waals surface area (Å²) in [6, 6.07) is 0. The Labute approximate surface area is 85.6 Å². The molecule has 0 spiro atoms. The van der Waals surface area contributed by atoms with Crippen LogP contribution in [0.2, 0.25) is 0 Å². The maximum Gasteiger partial charge on any atom is 0.522 e. The van der Waals surface area contributed by atoms with Crippen LogP contribution >= 0.6 is 11.8 Å². The summed E-state index contributed by atoms with van der Waals surface area (Å²) in [6.45, 7) is 0.739. The molecule has 1 aliphatic heterocycles. The van der Waals surface area contributed by atoms with E-state index in [1.54, 1.807) is 0 Å². The third-order valence-electron chi connectivity index (χ3n) is 1.94. The summed E-state index contributed by atoms with van der Waals surface area (Å²) in [7, 11) is 0. The topological polar surface area (TPSA) is 21.3 Å². The molecule has 0 aromatic rings. The van der Waals surface area contributed by atoms with Gasteiger partial charge in [-0.3, -0.25) is 4.74 Å². The minimum absolute atomic E-state index is 0.260. The molecule has 0 aromatic heterocycles. The molecular formula is C8H14F3NOS. The number of alkyl halides is 3. The molecule has 0 aromatic carbocycles.